The number of rotatable bonds is 3. The fourth-order valence-corrected chi connectivity index (χ4v) is 2.85. The number of hydrogen-bond donors (Lipinski definition) is 1. The van der Waals surface area contributed by atoms with Gasteiger partial charge in [0.05, 0.1) is 10.7 Å². The zero-order valence-electron chi connectivity index (χ0n) is 10.6. The zero-order valence-corrected chi connectivity index (χ0v) is 11.4. The number of halogens is 1. The molecule has 0 bridgehead atoms. The molecule has 0 spiro atoms. The molecule has 17 heavy (non-hydrogen) atoms. The van der Waals surface area contributed by atoms with Crippen LogP contribution in [0, 0.1) is 5.92 Å². The standard InChI is InChI=1S/C14H21ClN2/c1-10(2)14-4-3-7-17(14)9-11-5-6-12(15)13(16)8-11/h5-6,8,10,14H,3-4,7,9,16H2,1-2H3. The molecule has 0 aromatic heterocycles. The third-order valence-electron chi connectivity index (χ3n) is 3.63. The molecule has 1 atom stereocenters. The maximum Gasteiger partial charge on any atom is 0.0635 e. The van der Waals surface area contributed by atoms with Crippen LogP contribution in [0.4, 0.5) is 5.69 Å². The molecule has 1 saturated heterocycles. The van der Waals surface area contributed by atoms with Crippen molar-refractivity contribution in [3.63, 3.8) is 0 Å². The second-order valence-corrected chi connectivity index (χ2v) is 5.69. The van der Waals surface area contributed by atoms with Crippen LogP contribution in [0.25, 0.3) is 0 Å². The van der Waals surface area contributed by atoms with Crippen molar-refractivity contribution in [2.75, 3.05) is 12.3 Å². The van der Waals surface area contributed by atoms with Crippen LogP contribution in [0.2, 0.25) is 5.02 Å². The van der Waals surface area contributed by atoms with Crippen LogP contribution in [0.5, 0.6) is 0 Å². The van der Waals surface area contributed by atoms with Gasteiger partial charge in [-0.3, -0.25) is 4.90 Å². The predicted octanol–water partition coefficient (Wildman–Crippen LogP) is 3.54. The van der Waals surface area contributed by atoms with E-state index in [0.29, 0.717) is 16.8 Å². The number of anilines is 1. The Morgan fingerprint density at radius 2 is 2.24 bits per heavy atom. The monoisotopic (exact) mass is 252 g/mol. The first-order valence-corrected chi connectivity index (χ1v) is 6.73. The second-order valence-electron chi connectivity index (χ2n) is 5.28. The minimum Gasteiger partial charge on any atom is -0.398 e. The Hall–Kier alpha value is -0.730. The Kier molecular flexibility index (Phi) is 3.95. The first-order chi connectivity index (χ1) is 8.08. The normalized spacial score (nSPS) is 21.3. The van der Waals surface area contributed by atoms with Crippen molar-refractivity contribution in [2.45, 2.75) is 39.3 Å². The molecule has 0 saturated carbocycles. The molecule has 1 aromatic carbocycles. The van der Waals surface area contributed by atoms with Gasteiger partial charge >= 0.3 is 0 Å². The lowest BCUT2D eigenvalue weighted by atomic mass is 10.0. The average Bonchev–Trinajstić information content (AvgIpc) is 2.72. The molecule has 1 unspecified atom stereocenters. The maximum absolute atomic E-state index is 5.94. The number of nitrogens with zero attached hydrogens (tertiary/aromatic N) is 1. The molecule has 94 valence electrons. The molecule has 1 heterocycles. The third-order valence-corrected chi connectivity index (χ3v) is 3.97. The topological polar surface area (TPSA) is 29.3 Å². The number of nitrogen functional groups attached to an aromatic ring is 1. The van der Waals surface area contributed by atoms with Crippen LogP contribution in [-0.2, 0) is 6.54 Å². The van der Waals surface area contributed by atoms with E-state index in [9.17, 15) is 0 Å². The smallest absolute Gasteiger partial charge is 0.0635 e. The Morgan fingerprint density at radius 3 is 2.88 bits per heavy atom. The van der Waals surface area contributed by atoms with Crippen molar-refractivity contribution in [1.29, 1.82) is 0 Å². The minimum atomic E-state index is 0.649. The summed E-state index contributed by atoms with van der Waals surface area (Å²) in [7, 11) is 0. The first kappa shape index (κ1) is 12.7. The molecule has 0 aliphatic carbocycles. The van der Waals surface area contributed by atoms with E-state index >= 15 is 0 Å². The highest BCUT2D eigenvalue weighted by molar-refractivity contribution is 6.33. The summed E-state index contributed by atoms with van der Waals surface area (Å²) in [6.45, 7) is 6.80. The largest absolute Gasteiger partial charge is 0.398 e. The quantitative estimate of drug-likeness (QED) is 0.834. The Balaban J connectivity index is 2.07. The lowest BCUT2D eigenvalue weighted by Crippen LogP contribution is -2.32. The van der Waals surface area contributed by atoms with Gasteiger partial charge in [-0.1, -0.05) is 31.5 Å². The van der Waals surface area contributed by atoms with E-state index < -0.39 is 0 Å². The zero-order chi connectivity index (χ0) is 12.4. The van der Waals surface area contributed by atoms with Crippen LogP contribution in [0.3, 0.4) is 0 Å². The van der Waals surface area contributed by atoms with Crippen molar-refractivity contribution in [2.24, 2.45) is 5.92 Å². The van der Waals surface area contributed by atoms with Crippen molar-refractivity contribution < 1.29 is 0 Å². The van der Waals surface area contributed by atoms with Gasteiger partial charge in [-0.25, -0.2) is 0 Å². The van der Waals surface area contributed by atoms with Gasteiger partial charge in [0.2, 0.25) is 0 Å². The van der Waals surface area contributed by atoms with Gasteiger partial charge in [-0.15, -0.1) is 0 Å². The molecular formula is C14H21ClN2. The summed E-state index contributed by atoms with van der Waals surface area (Å²) in [6, 6.07) is 6.69. The Morgan fingerprint density at radius 1 is 1.47 bits per heavy atom. The number of likely N-dealkylation sites (tertiary alicyclic amines) is 1. The van der Waals surface area contributed by atoms with Crippen molar-refractivity contribution >= 4 is 17.3 Å². The fourth-order valence-electron chi connectivity index (χ4n) is 2.73. The number of hydrogen-bond acceptors (Lipinski definition) is 2. The lowest BCUT2D eigenvalue weighted by molar-refractivity contribution is 0.199. The highest BCUT2D eigenvalue weighted by atomic mass is 35.5. The van der Waals surface area contributed by atoms with Crippen molar-refractivity contribution in [3.8, 4) is 0 Å². The summed E-state index contributed by atoms with van der Waals surface area (Å²) in [4.78, 5) is 2.56. The molecule has 2 nitrogen and oxygen atoms in total. The Labute approximate surface area is 109 Å². The van der Waals surface area contributed by atoms with E-state index in [-0.39, 0.29) is 0 Å². The van der Waals surface area contributed by atoms with Gasteiger partial charge in [0, 0.05) is 12.6 Å². The Bertz CT molecular complexity index is 390. The predicted molar refractivity (Wildman–Crippen MR) is 74.1 cm³/mol. The highest BCUT2D eigenvalue weighted by Crippen LogP contribution is 2.27. The molecule has 1 aliphatic heterocycles. The maximum atomic E-state index is 5.94. The molecule has 0 amide bonds. The van der Waals surface area contributed by atoms with Crippen LogP contribution >= 0.6 is 11.6 Å². The number of nitrogens with two attached hydrogens (primary N) is 1. The molecule has 1 fully saturated rings. The van der Waals surface area contributed by atoms with E-state index in [2.05, 4.69) is 24.8 Å². The molecule has 1 aromatic rings. The molecular weight excluding hydrogens is 232 g/mol. The lowest BCUT2D eigenvalue weighted by Gasteiger charge is -2.27. The van der Waals surface area contributed by atoms with Crippen LogP contribution in [0.15, 0.2) is 18.2 Å². The van der Waals surface area contributed by atoms with Crippen molar-refractivity contribution in [3.05, 3.63) is 28.8 Å². The van der Waals surface area contributed by atoms with Crippen LogP contribution < -0.4 is 5.73 Å². The first-order valence-electron chi connectivity index (χ1n) is 6.36. The fraction of sp³-hybridized carbons (Fsp3) is 0.571. The minimum absolute atomic E-state index is 0.649. The molecule has 2 rings (SSSR count). The van der Waals surface area contributed by atoms with Gasteiger partial charge in [0.1, 0.15) is 0 Å². The summed E-state index contributed by atoms with van der Waals surface area (Å²) in [5.41, 5.74) is 7.79. The van der Waals surface area contributed by atoms with Crippen LogP contribution in [-0.4, -0.2) is 17.5 Å². The van der Waals surface area contributed by atoms with Crippen LogP contribution in [0.1, 0.15) is 32.3 Å². The van der Waals surface area contributed by atoms with Gasteiger partial charge in [0.15, 0.2) is 0 Å². The summed E-state index contributed by atoms with van der Waals surface area (Å²) in [5, 5.41) is 0.649. The molecule has 3 heteroatoms. The summed E-state index contributed by atoms with van der Waals surface area (Å²) in [6.07, 6.45) is 2.63. The highest BCUT2D eigenvalue weighted by Gasteiger charge is 2.26. The average molecular weight is 253 g/mol. The van der Waals surface area contributed by atoms with Gasteiger partial charge in [-0.2, -0.15) is 0 Å². The van der Waals surface area contributed by atoms with E-state index in [1.165, 1.54) is 24.9 Å². The molecule has 0 radical (unpaired) electrons. The van der Waals surface area contributed by atoms with Gasteiger partial charge in [0.25, 0.3) is 0 Å². The summed E-state index contributed by atoms with van der Waals surface area (Å²) >= 11 is 5.94. The summed E-state index contributed by atoms with van der Waals surface area (Å²) < 4.78 is 0. The number of benzene rings is 1. The third kappa shape index (κ3) is 2.93. The molecule has 1 aliphatic rings. The van der Waals surface area contributed by atoms with E-state index in [4.69, 9.17) is 17.3 Å². The van der Waals surface area contributed by atoms with E-state index in [1.54, 1.807) is 0 Å². The SMILES string of the molecule is CC(C)C1CCCN1Cc1ccc(Cl)c(N)c1. The van der Waals surface area contributed by atoms with E-state index in [0.717, 1.165) is 12.5 Å². The van der Waals surface area contributed by atoms with Crippen molar-refractivity contribution in [1.82, 2.24) is 4.90 Å². The molecule has 2 N–H and O–H groups in total. The van der Waals surface area contributed by atoms with Gasteiger partial charge in [-0.05, 0) is 43.0 Å². The summed E-state index contributed by atoms with van der Waals surface area (Å²) in [5.74, 6) is 0.724. The van der Waals surface area contributed by atoms with Gasteiger partial charge < -0.3 is 5.73 Å². The second kappa shape index (κ2) is 5.28. The van der Waals surface area contributed by atoms with E-state index in [1.807, 2.05) is 12.1 Å².